The van der Waals surface area contributed by atoms with Crippen LogP contribution in [0.3, 0.4) is 0 Å². The van der Waals surface area contributed by atoms with Crippen LogP contribution in [-0.2, 0) is 4.79 Å². The molecule has 2 fully saturated rings. The summed E-state index contributed by atoms with van der Waals surface area (Å²) in [7, 11) is 0. The molecule has 128 valence electrons. The van der Waals surface area contributed by atoms with Crippen molar-refractivity contribution in [1.82, 2.24) is 9.80 Å². The summed E-state index contributed by atoms with van der Waals surface area (Å²) in [4.78, 5) is 16.8. The van der Waals surface area contributed by atoms with Crippen molar-refractivity contribution < 1.29 is 4.79 Å². The Kier molecular flexibility index (Phi) is 6.73. The van der Waals surface area contributed by atoms with Gasteiger partial charge in [-0.15, -0.1) is 0 Å². The quantitative estimate of drug-likeness (QED) is 0.748. The number of hydrogen-bond acceptors (Lipinski definition) is 2. The van der Waals surface area contributed by atoms with Crippen molar-refractivity contribution in [3.8, 4) is 0 Å². The van der Waals surface area contributed by atoms with Crippen molar-refractivity contribution in [2.45, 2.75) is 59.8 Å². The molecule has 0 aromatic carbocycles. The highest BCUT2D eigenvalue weighted by atomic mass is 16.2. The maximum Gasteiger partial charge on any atom is 0.236 e. The summed E-state index contributed by atoms with van der Waals surface area (Å²) in [5.74, 6) is 3.63. The van der Waals surface area contributed by atoms with E-state index < -0.39 is 0 Å². The second-order valence-corrected chi connectivity index (χ2v) is 8.32. The Morgan fingerprint density at radius 1 is 1.05 bits per heavy atom. The number of rotatable bonds is 6. The third-order valence-corrected chi connectivity index (χ3v) is 5.72. The first kappa shape index (κ1) is 17.8. The van der Waals surface area contributed by atoms with Gasteiger partial charge in [-0.3, -0.25) is 9.69 Å². The van der Waals surface area contributed by atoms with E-state index in [2.05, 4.69) is 37.5 Å². The standard InChI is InChI=1S/C19H36N2O/c1-15(2)9-10-21-12-11-20(14-19(21)22)13-17-5-7-18(8-6-17)16(3)4/h15-18H,5-14H2,1-4H3. The average molecular weight is 309 g/mol. The smallest absolute Gasteiger partial charge is 0.236 e. The van der Waals surface area contributed by atoms with E-state index in [0.29, 0.717) is 18.4 Å². The van der Waals surface area contributed by atoms with Crippen molar-refractivity contribution in [2.24, 2.45) is 23.7 Å². The summed E-state index contributed by atoms with van der Waals surface area (Å²) >= 11 is 0. The molecule has 0 bridgehead atoms. The first-order valence-corrected chi connectivity index (χ1v) is 9.45. The Bertz CT molecular complexity index is 345. The van der Waals surface area contributed by atoms with Crippen LogP contribution in [0.5, 0.6) is 0 Å². The van der Waals surface area contributed by atoms with Gasteiger partial charge in [0, 0.05) is 26.2 Å². The zero-order chi connectivity index (χ0) is 16.1. The summed E-state index contributed by atoms with van der Waals surface area (Å²) in [6, 6.07) is 0. The second kappa shape index (κ2) is 8.33. The van der Waals surface area contributed by atoms with Crippen LogP contribution in [0.25, 0.3) is 0 Å². The Labute approximate surface area is 137 Å². The minimum Gasteiger partial charge on any atom is -0.340 e. The molecule has 1 saturated heterocycles. The molecule has 0 spiro atoms. The third kappa shape index (κ3) is 5.26. The van der Waals surface area contributed by atoms with Crippen molar-refractivity contribution in [2.75, 3.05) is 32.7 Å². The minimum absolute atomic E-state index is 0.350. The summed E-state index contributed by atoms with van der Waals surface area (Å²) in [5.41, 5.74) is 0. The van der Waals surface area contributed by atoms with Crippen LogP contribution in [0.1, 0.15) is 59.8 Å². The molecule has 0 aromatic heterocycles. The van der Waals surface area contributed by atoms with Crippen LogP contribution in [0, 0.1) is 23.7 Å². The zero-order valence-electron chi connectivity index (χ0n) is 15.2. The number of amides is 1. The van der Waals surface area contributed by atoms with Crippen molar-refractivity contribution in [3.63, 3.8) is 0 Å². The van der Waals surface area contributed by atoms with E-state index in [-0.39, 0.29) is 0 Å². The van der Waals surface area contributed by atoms with Crippen LogP contribution in [-0.4, -0.2) is 48.4 Å². The number of carbonyl (C=O) groups excluding carboxylic acids is 1. The largest absolute Gasteiger partial charge is 0.340 e. The Morgan fingerprint density at radius 3 is 2.27 bits per heavy atom. The van der Waals surface area contributed by atoms with Crippen LogP contribution >= 0.6 is 0 Å². The lowest BCUT2D eigenvalue weighted by molar-refractivity contribution is -0.136. The molecule has 3 heteroatoms. The van der Waals surface area contributed by atoms with Crippen LogP contribution in [0.15, 0.2) is 0 Å². The fourth-order valence-corrected chi connectivity index (χ4v) is 3.97. The number of carbonyl (C=O) groups is 1. The Morgan fingerprint density at radius 2 is 1.73 bits per heavy atom. The van der Waals surface area contributed by atoms with Gasteiger partial charge in [0.1, 0.15) is 0 Å². The molecule has 0 unspecified atom stereocenters. The maximum atomic E-state index is 12.3. The molecule has 2 aliphatic rings. The molecular formula is C19H36N2O. The van der Waals surface area contributed by atoms with Crippen molar-refractivity contribution >= 4 is 5.91 Å². The van der Waals surface area contributed by atoms with Crippen molar-refractivity contribution in [3.05, 3.63) is 0 Å². The lowest BCUT2D eigenvalue weighted by atomic mass is 9.77. The fourth-order valence-electron chi connectivity index (χ4n) is 3.97. The number of hydrogen-bond donors (Lipinski definition) is 0. The predicted molar refractivity (Wildman–Crippen MR) is 92.8 cm³/mol. The normalized spacial score (nSPS) is 27.9. The van der Waals surface area contributed by atoms with Gasteiger partial charge < -0.3 is 4.90 Å². The van der Waals surface area contributed by atoms with Crippen molar-refractivity contribution in [1.29, 1.82) is 0 Å². The van der Waals surface area contributed by atoms with E-state index in [1.54, 1.807) is 0 Å². The highest BCUT2D eigenvalue weighted by Crippen LogP contribution is 2.33. The van der Waals surface area contributed by atoms with Crippen LogP contribution < -0.4 is 0 Å². The molecule has 1 aliphatic carbocycles. The molecule has 1 amide bonds. The maximum absolute atomic E-state index is 12.3. The number of piperazine rings is 1. The van der Waals surface area contributed by atoms with E-state index in [4.69, 9.17) is 0 Å². The lowest BCUT2D eigenvalue weighted by Gasteiger charge is -2.38. The van der Waals surface area contributed by atoms with Gasteiger partial charge in [0.25, 0.3) is 0 Å². The first-order chi connectivity index (χ1) is 10.5. The monoisotopic (exact) mass is 308 g/mol. The molecule has 1 saturated carbocycles. The van der Waals surface area contributed by atoms with Gasteiger partial charge >= 0.3 is 0 Å². The van der Waals surface area contributed by atoms with E-state index in [1.165, 1.54) is 25.7 Å². The molecule has 0 aromatic rings. The Balaban J connectivity index is 1.69. The average Bonchev–Trinajstić information content (AvgIpc) is 2.47. The molecular weight excluding hydrogens is 272 g/mol. The molecule has 1 aliphatic heterocycles. The molecule has 0 N–H and O–H groups in total. The third-order valence-electron chi connectivity index (χ3n) is 5.72. The van der Waals surface area contributed by atoms with Gasteiger partial charge in [0.05, 0.1) is 6.54 Å². The van der Waals surface area contributed by atoms with Crippen LogP contribution in [0.4, 0.5) is 0 Å². The van der Waals surface area contributed by atoms with E-state index in [9.17, 15) is 4.79 Å². The van der Waals surface area contributed by atoms with E-state index in [0.717, 1.165) is 50.4 Å². The molecule has 22 heavy (non-hydrogen) atoms. The fraction of sp³-hybridized carbons (Fsp3) is 0.947. The van der Waals surface area contributed by atoms with Crippen LogP contribution in [0.2, 0.25) is 0 Å². The van der Waals surface area contributed by atoms with Gasteiger partial charge in [-0.05, 0) is 55.8 Å². The second-order valence-electron chi connectivity index (χ2n) is 8.32. The number of nitrogens with zero attached hydrogens (tertiary/aromatic N) is 2. The summed E-state index contributed by atoms with van der Waals surface area (Å²) in [6.07, 6.45) is 6.65. The van der Waals surface area contributed by atoms with E-state index in [1.807, 2.05) is 0 Å². The zero-order valence-corrected chi connectivity index (χ0v) is 15.2. The van der Waals surface area contributed by atoms with Gasteiger partial charge in [0.15, 0.2) is 0 Å². The Hall–Kier alpha value is -0.570. The molecule has 1 heterocycles. The molecule has 0 radical (unpaired) electrons. The summed E-state index contributed by atoms with van der Waals surface area (Å²) in [5, 5.41) is 0. The molecule has 0 atom stereocenters. The summed E-state index contributed by atoms with van der Waals surface area (Å²) in [6.45, 7) is 13.9. The topological polar surface area (TPSA) is 23.6 Å². The minimum atomic E-state index is 0.350. The van der Waals surface area contributed by atoms with Gasteiger partial charge in [-0.1, -0.05) is 27.7 Å². The highest BCUT2D eigenvalue weighted by molar-refractivity contribution is 5.79. The first-order valence-electron chi connectivity index (χ1n) is 9.45. The highest BCUT2D eigenvalue weighted by Gasteiger charge is 2.28. The SMILES string of the molecule is CC(C)CCN1CCN(CC2CCC(C(C)C)CC2)CC1=O. The predicted octanol–water partition coefficient (Wildman–Crippen LogP) is 3.64. The van der Waals surface area contributed by atoms with E-state index >= 15 is 0 Å². The molecule has 2 rings (SSSR count). The van der Waals surface area contributed by atoms with Gasteiger partial charge in [0.2, 0.25) is 5.91 Å². The lowest BCUT2D eigenvalue weighted by Crippen LogP contribution is -2.51. The summed E-state index contributed by atoms with van der Waals surface area (Å²) < 4.78 is 0. The van der Waals surface area contributed by atoms with Gasteiger partial charge in [-0.25, -0.2) is 0 Å². The molecule has 3 nitrogen and oxygen atoms in total. The van der Waals surface area contributed by atoms with Gasteiger partial charge in [-0.2, -0.15) is 0 Å².